The third-order valence-electron chi connectivity index (χ3n) is 7.14. The fourth-order valence-corrected chi connectivity index (χ4v) is 4.88. The topological polar surface area (TPSA) is 15.8 Å². The molecule has 0 aliphatic carbocycles. The molecule has 192 valence electrons. The Morgan fingerprint density at radius 2 is 0.879 bits per heavy atom. The van der Waals surface area contributed by atoms with Gasteiger partial charge in [0.15, 0.2) is 0 Å². The standard InChI is InChI=1S/C32H59N/c1-2-3-4-5-6-7-8-9-10-11-12-13-14-15-16-17-18-19-20-21-22-23-24-25-26-27-29-32-30-28-31-33-32/h27-31,33H,2-26H2,1H3/b29-27+. The lowest BCUT2D eigenvalue weighted by Crippen LogP contribution is -1.84. The predicted octanol–water partition coefficient (Wildman–Crippen LogP) is 11.8. The SMILES string of the molecule is CCCCCCCCCCCCCCCCCCCCCCCCCC/C=C/c1ccc[nH]1. The van der Waals surface area contributed by atoms with Crippen molar-refractivity contribution in [2.24, 2.45) is 0 Å². The van der Waals surface area contributed by atoms with Crippen LogP contribution in [0.15, 0.2) is 24.4 Å². The van der Waals surface area contributed by atoms with E-state index in [0.29, 0.717) is 0 Å². The molecule has 1 heteroatoms. The Morgan fingerprint density at radius 1 is 0.515 bits per heavy atom. The second kappa shape index (κ2) is 25.6. The van der Waals surface area contributed by atoms with Crippen molar-refractivity contribution in [1.29, 1.82) is 0 Å². The van der Waals surface area contributed by atoms with E-state index in [9.17, 15) is 0 Å². The number of hydrogen-bond acceptors (Lipinski definition) is 0. The van der Waals surface area contributed by atoms with Gasteiger partial charge in [0.2, 0.25) is 0 Å². The predicted molar refractivity (Wildman–Crippen MR) is 151 cm³/mol. The van der Waals surface area contributed by atoms with E-state index in [-0.39, 0.29) is 0 Å². The van der Waals surface area contributed by atoms with Gasteiger partial charge in [-0.15, -0.1) is 0 Å². The number of allylic oxidation sites excluding steroid dienone is 1. The van der Waals surface area contributed by atoms with Crippen LogP contribution >= 0.6 is 0 Å². The monoisotopic (exact) mass is 457 g/mol. The molecule has 0 radical (unpaired) electrons. The Hall–Kier alpha value is -0.980. The van der Waals surface area contributed by atoms with Crippen molar-refractivity contribution >= 4 is 6.08 Å². The third kappa shape index (κ3) is 22.6. The van der Waals surface area contributed by atoms with Gasteiger partial charge in [-0.25, -0.2) is 0 Å². The molecule has 0 aromatic carbocycles. The molecule has 0 unspecified atom stereocenters. The van der Waals surface area contributed by atoms with Crippen LogP contribution in [-0.4, -0.2) is 4.98 Å². The lowest BCUT2D eigenvalue weighted by atomic mass is 10.0. The van der Waals surface area contributed by atoms with Gasteiger partial charge in [-0.1, -0.05) is 161 Å². The minimum Gasteiger partial charge on any atom is -0.362 e. The Morgan fingerprint density at radius 3 is 1.21 bits per heavy atom. The molecule has 1 heterocycles. The van der Waals surface area contributed by atoms with Crippen molar-refractivity contribution in [3.05, 3.63) is 30.1 Å². The summed E-state index contributed by atoms with van der Waals surface area (Å²) >= 11 is 0. The van der Waals surface area contributed by atoms with Crippen molar-refractivity contribution in [3.8, 4) is 0 Å². The molecule has 1 N–H and O–H groups in total. The maximum absolute atomic E-state index is 3.22. The number of rotatable bonds is 26. The Bertz CT molecular complexity index is 487. The second-order valence-electron chi connectivity index (χ2n) is 10.4. The van der Waals surface area contributed by atoms with Crippen LogP contribution in [0.25, 0.3) is 6.08 Å². The van der Waals surface area contributed by atoms with Gasteiger partial charge < -0.3 is 4.98 Å². The van der Waals surface area contributed by atoms with Crippen molar-refractivity contribution in [3.63, 3.8) is 0 Å². The summed E-state index contributed by atoms with van der Waals surface area (Å²) < 4.78 is 0. The first-order chi connectivity index (χ1) is 16.4. The van der Waals surface area contributed by atoms with E-state index in [1.807, 2.05) is 6.20 Å². The van der Waals surface area contributed by atoms with E-state index in [4.69, 9.17) is 0 Å². The van der Waals surface area contributed by atoms with Crippen molar-refractivity contribution in [2.75, 3.05) is 0 Å². The molecule has 0 bridgehead atoms. The lowest BCUT2D eigenvalue weighted by molar-refractivity contribution is 0.517. The van der Waals surface area contributed by atoms with Crippen molar-refractivity contribution in [2.45, 2.75) is 167 Å². The number of nitrogens with one attached hydrogen (secondary N) is 1. The molecule has 1 aromatic heterocycles. The summed E-state index contributed by atoms with van der Waals surface area (Å²) in [6.07, 6.45) is 42.7. The number of aromatic amines is 1. The maximum atomic E-state index is 3.22. The molecular weight excluding hydrogens is 398 g/mol. The molecule has 0 saturated carbocycles. The van der Waals surface area contributed by atoms with Crippen molar-refractivity contribution in [1.82, 2.24) is 4.98 Å². The average Bonchev–Trinajstić information content (AvgIpc) is 3.35. The maximum Gasteiger partial charge on any atom is 0.0377 e. The molecule has 0 saturated heterocycles. The molecule has 1 nitrogen and oxygen atoms in total. The zero-order valence-corrected chi connectivity index (χ0v) is 22.6. The molecule has 0 atom stereocenters. The van der Waals surface area contributed by atoms with Crippen LogP contribution in [0.1, 0.15) is 173 Å². The Balaban J connectivity index is 1.64. The fourth-order valence-electron chi connectivity index (χ4n) is 4.88. The summed E-state index contributed by atoms with van der Waals surface area (Å²) in [6.45, 7) is 2.30. The normalized spacial score (nSPS) is 11.7. The largest absolute Gasteiger partial charge is 0.362 e. The number of H-pyrrole nitrogens is 1. The smallest absolute Gasteiger partial charge is 0.0377 e. The van der Waals surface area contributed by atoms with E-state index in [1.54, 1.807) is 0 Å². The summed E-state index contributed by atoms with van der Waals surface area (Å²) in [7, 11) is 0. The second-order valence-corrected chi connectivity index (χ2v) is 10.4. The van der Waals surface area contributed by atoms with E-state index in [1.165, 1.54) is 166 Å². The van der Waals surface area contributed by atoms with Gasteiger partial charge in [0.05, 0.1) is 0 Å². The zero-order valence-electron chi connectivity index (χ0n) is 22.6. The van der Waals surface area contributed by atoms with Crippen molar-refractivity contribution < 1.29 is 0 Å². The van der Waals surface area contributed by atoms with Crippen LogP contribution in [0.3, 0.4) is 0 Å². The Kier molecular flexibility index (Phi) is 23.3. The zero-order chi connectivity index (χ0) is 23.5. The molecule has 1 aromatic rings. The summed E-state index contributed by atoms with van der Waals surface area (Å²) in [4.78, 5) is 3.22. The van der Waals surface area contributed by atoms with Crippen LogP contribution in [0.5, 0.6) is 0 Å². The first-order valence-corrected chi connectivity index (χ1v) is 15.2. The highest BCUT2D eigenvalue weighted by Crippen LogP contribution is 2.16. The summed E-state index contributed by atoms with van der Waals surface area (Å²) in [5, 5.41) is 0. The highest BCUT2D eigenvalue weighted by Gasteiger charge is 1.96. The molecule has 33 heavy (non-hydrogen) atoms. The molecule has 0 aliphatic heterocycles. The van der Waals surface area contributed by atoms with Gasteiger partial charge in [0.25, 0.3) is 0 Å². The van der Waals surface area contributed by atoms with Gasteiger partial charge in [0.1, 0.15) is 0 Å². The third-order valence-corrected chi connectivity index (χ3v) is 7.14. The number of aromatic nitrogens is 1. The summed E-state index contributed by atoms with van der Waals surface area (Å²) in [6, 6.07) is 4.18. The van der Waals surface area contributed by atoms with E-state index in [0.717, 1.165) is 0 Å². The summed E-state index contributed by atoms with van der Waals surface area (Å²) in [5.41, 5.74) is 1.22. The molecule has 0 fully saturated rings. The minimum atomic E-state index is 1.22. The van der Waals surface area contributed by atoms with Gasteiger partial charge in [-0.05, 0) is 31.1 Å². The first-order valence-electron chi connectivity index (χ1n) is 15.2. The Labute approximate surface area is 208 Å². The summed E-state index contributed by atoms with van der Waals surface area (Å²) in [5.74, 6) is 0. The van der Waals surface area contributed by atoms with Crippen LogP contribution in [0.4, 0.5) is 0 Å². The van der Waals surface area contributed by atoms with E-state index < -0.39 is 0 Å². The van der Waals surface area contributed by atoms with Crippen LogP contribution in [-0.2, 0) is 0 Å². The van der Waals surface area contributed by atoms with Gasteiger partial charge in [-0.3, -0.25) is 0 Å². The quantitative estimate of drug-likeness (QED) is 0.133. The van der Waals surface area contributed by atoms with E-state index in [2.05, 4.69) is 36.2 Å². The molecule has 0 aliphatic rings. The molecule has 0 amide bonds. The highest BCUT2D eigenvalue weighted by atomic mass is 14.7. The average molecular weight is 458 g/mol. The van der Waals surface area contributed by atoms with Gasteiger partial charge in [-0.2, -0.15) is 0 Å². The van der Waals surface area contributed by atoms with Gasteiger partial charge >= 0.3 is 0 Å². The van der Waals surface area contributed by atoms with Crippen LogP contribution in [0.2, 0.25) is 0 Å². The highest BCUT2D eigenvalue weighted by molar-refractivity contribution is 5.43. The van der Waals surface area contributed by atoms with Crippen LogP contribution in [0, 0.1) is 0 Å². The van der Waals surface area contributed by atoms with E-state index >= 15 is 0 Å². The minimum absolute atomic E-state index is 1.22. The molecule has 0 spiro atoms. The van der Waals surface area contributed by atoms with Crippen LogP contribution < -0.4 is 0 Å². The molecular formula is C32H59N. The van der Waals surface area contributed by atoms with Gasteiger partial charge in [0, 0.05) is 11.9 Å². The fraction of sp³-hybridized carbons (Fsp3) is 0.812. The lowest BCUT2D eigenvalue weighted by Gasteiger charge is -2.04. The first kappa shape index (κ1) is 30.1. The molecule has 1 rings (SSSR count). The number of unbranched alkanes of at least 4 members (excludes halogenated alkanes) is 24. The number of hydrogen-bond donors (Lipinski definition) is 1.